The van der Waals surface area contributed by atoms with Crippen LogP contribution in [0.2, 0.25) is 0 Å². The number of hydrogen-bond donors (Lipinski definition) is 1. The molecular formula is C20H24N2O3. The number of anilines is 2. The third-order valence-corrected chi connectivity index (χ3v) is 3.98. The smallest absolute Gasteiger partial charge is 0.226 e. The molecule has 0 aromatic heterocycles. The summed E-state index contributed by atoms with van der Waals surface area (Å²) < 4.78 is 5.20. The maximum absolute atomic E-state index is 12.3. The lowest BCUT2D eigenvalue weighted by molar-refractivity contribution is -0.117. The second kappa shape index (κ2) is 8.87. The summed E-state index contributed by atoms with van der Waals surface area (Å²) in [7, 11) is 1.58. The van der Waals surface area contributed by atoms with Crippen molar-refractivity contribution in [2.45, 2.75) is 26.7 Å². The van der Waals surface area contributed by atoms with E-state index < -0.39 is 0 Å². The first kappa shape index (κ1) is 18.5. The van der Waals surface area contributed by atoms with Crippen molar-refractivity contribution in [3.8, 4) is 5.75 Å². The number of hydrogen-bond acceptors (Lipinski definition) is 3. The fraction of sp³-hybridized carbons (Fsp3) is 0.300. The highest BCUT2D eigenvalue weighted by Gasteiger charge is 2.14. The number of methoxy groups -OCH3 is 1. The molecule has 132 valence electrons. The molecule has 0 fully saturated rings. The van der Waals surface area contributed by atoms with Crippen molar-refractivity contribution < 1.29 is 14.3 Å². The molecule has 2 amide bonds. The number of rotatable bonds is 7. The summed E-state index contributed by atoms with van der Waals surface area (Å²) in [5, 5.41) is 2.93. The molecule has 0 radical (unpaired) electrons. The van der Waals surface area contributed by atoms with Crippen molar-refractivity contribution in [2.75, 3.05) is 23.9 Å². The molecule has 0 unspecified atom stereocenters. The van der Waals surface area contributed by atoms with Crippen molar-refractivity contribution >= 4 is 23.2 Å². The number of ether oxygens (including phenoxy) is 1. The van der Waals surface area contributed by atoms with Crippen LogP contribution < -0.4 is 15.0 Å². The quantitative estimate of drug-likeness (QED) is 0.837. The van der Waals surface area contributed by atoms with E-state index >= 15 is 0 Å². The SMILES string of the molecule is CCc1ccccc1NC(=O)CCN(C(C)=O)c1cccc(OC)c1. The van der Waals surface area contributed by atoms with Crippen LogP contribution in [0, 0.1) is 0 Å². The average Bonchev–Trinajstić information content (AvgIpc) is 2.62. The Hall–Kier alpha value is -2.82. The van der Waals surface area contributed by atoms with Gasteiger partial charge >= 0.3 is 0 Å². The number of carbonyl (C=O) groups is 2. The molecule has 1 N–H and O–H groups in total. The summed E-state index contributed by atoms with van der Waals surface area (Å²) in [4.78, 5) is 25.8. The van der Waals surface area contributed by atoms with Gasteiger partial charge in [0, 0.05) is 37.3 Å². The Kier molecular flexibility index (Phi) is 6.57. The third kappa shape index (κ3) is 5.08. The van der Waals surface area contributed by atoms with Crippen LogP contribution in [-0.2, 0) is 16.0 Å². The number of aryl methyl sites for hydroxylation is 1. The van der Waals surface area contributed by atoms with Gasteiger partial charge < -0.3 is 15.0 Å². The van der Waals surface area contributed by atoms with E-state index in [9.17, 15) is 9.59 Å². The number of amides is 2. The molecule has 0 spiro atoms. The maximum Gasteiger partial charge on any atom is 0.226 e. The number of benzene rings is 2. The largest absolute Gasteiger partial charge is 0.497 e. The topological polar surface area (TPSA) is 58.6 Å². The average molecular weight is 340 g/mol. The molecule has 5 heteroatoms. The number of nitrogens with zero attached hydrogens (tertiary/aromatic N) is 1. The Balaban J connectivity index is 2.03. The van der Waals surface area contributed by atoms with Crippen LogP contribution in [0.1, 0.15) is 25.8 Å². The van der Waals surface area contributed by atoms with Gasteiger partial charge in [-0.1, -0.05) is 31.2 Å². The normalized spacial score (nSPS) is 10.2. The van der Waals surface area contributed by atoms with Gasteiger partial charge in [-0.2, -0.15) is 0 Å². The second-order valence-electron chi connectivity index (χ2n) is 5.68. The van der Waals surface area contributed by atoms with Crippen LogP contribution in [0.25, 0.3) is 0 Å². The van der Waals surface area contributed by atoms with Gasteiger partial charge in [-0.25, -0.2) is 0 Å². The van der Waals surface area contributed by atoms with Crippen molar-refractivity contribution in [1.29, 1.82) is 0 Å². The fourth-order valence-corrected chi connectivity index (χ4v) is 2.62. The first-order valence-electron chi connectivity index (χ1n) is 8.35. The summed E-state index contributed by atoms with van der Waals surface area (Å²) in [6.45, 7) is 3.84. The summed E-state index contributed by atoms with van der Waals surface area (Å²) in [6.07, 6.45) is 1.06. The van der Waals surface area contributed by atoms with Gasteiger partial charge in [0.05, 0.1) is 7.11 Å². The van der Waals surface area contributed by atoms with E-state index in [0.29, 0.717) is 18.0 Å². The molecule has 0 bridgehead atoms. The van der Waals surface area contributed by atoms with Gasteiger partial charge in [0.25, 0.3) is 0 Å². The highest BCUT2D eigenvalue weighted by molar-refractivity contribution is 5.95. The van der Waals surface area contributed by atoms with E-state index in [1.165, 1.54) is 6.92 Å². The molecule has 0 atom stereocenters. The summed E-state index contributed by atoms with van der Waals surface area (Å²) >= 11 is 0. The fourth-order valence-electron chi connectivity index (χ4n) is 2.62. The number of nitrogens with one attached hydrogen (secondary N) is 1. The minimum absolute atomic E-state index is 0.116. The lowest BCUT2D eigenvalue weighted by Gasteiger charge is -2.21. The Bertz CT molecular complexity index is 743. The van der Waals surface area contributed by atoms with Gasteiger partial charge in [-0.15, -0.1) is 0 Å². The molecule has 5 nitrogen and oxygen atoms in total. The van der Waals surface area contributed by atoms with Crippen molar-refractivity contribution in [3.05, 3.63) is 54.1 Å². The standard InChI is InChI=1S/C20H24N2O3/c1-4-16-8-5-6-11-19(16)21-20(24)12-13-22(15(2)23)17-9-7-10-18(14-17)25-3/h5-11,14H,4,12-13H2,1-3H3,(H,21,24). The van der Waals surface area contributed by atoms with Gasteiger partial charge in [0.2, 0.25) is 11.8 Å². The molecule has 0 saturated carbocycles. The summed E-state index contributed by atoms with van der Waals surface area (Å²) in [5.41, 5.74) is 2.63. The first-order valence-corrected chi connectivity index (χ1v) is 8.35. The van der Waals surface area contributed by atoms with E-state index in [1.54, 1.807) is 18.1 Å². The molecule has 0 aliphatic carbocycles. The minimum Gasteiger partial charge on any atom is -0.497 e. The lowest BCUT2D eigenvalue weighted by Crippen LogP contribution is -2.32. The zero-order chi connectivity index (χ0) is 18.2. The molecule has 0 heterocycles. The monoisotopic (exact) mass is 340 g/mol. The van der Waals surface area contributed by atoms with E-state index in [1.807, 2.05) is 49.4 Å². The van der Waals surface area contributed by atoms with Crippen molar-refractivity contribution in [1.82, 2.24) is 0 Å². The van der Waals surface area contributed by atoms with E-state index in [2.05, 4.69) is 5.32 Å². The third-order valence-electron chi connectivity index (χ3n) is 3.98. The Labute approximate surface area is 148 Å². The number of carbonyl (C=O) groups excluding carboxylic acids is 2. The maximum atomic E-state index is 12.3. The van der Waals surface area contributed by atoms with Gasteiger partial charge in [0.15, 0.2) is 0 Å². The summed E-state index contributed by atoms with van der Waals surface area (Å²) in [6, 6.07) is 15.0. The second-order valence-corrected chi connectivity index (χ2v) is 5.68. The zero-order valence-corrected chi connectivity index (χ0v) is 14.9. The molecule has 0 aliphatic rings. The molecule has 0 saturated heterocycles. The zero-order valence-electron chi connectivity index (χ0n) is 14.9. The Morgan fingerprint density at radius 2 is 1.88 bits per heavy atom. The van der Waals surface area contributed by atoms with E-state index in [0.717, 1.165) is 17.7 Å². The Morgan fingerprint density at radius 3 is 2.56 bits per heavy atom. The van der Waals surface area contributed by atoms with E-state index in [-0.39, 0.29) is 18.2 Å². The van der Waals surface area contributed by atoms with Crippen molar-refractivity contribution in [3.63, 3.8) is 0 Å². The highest BCUT2D eigenvalue weighted by atomic mass is 16.5. The number of para-hydroxylation sites is 1. The van der Waals surface area contributed by atoms with Gasteiger partial charge in [-0.05, 0) is 30.2 Å². The molecular weight excluding hydrogens is 316 g/mol. The lowest BCUT2D eigenvalue weighted by atomic mass is 10.1. The Morgan fingerprint density at radius 1 is 1.12 bits per heavy atom. The molecule has 2 aromatic carbocycles. The van der Waals surface area contributed by atoms with Crippen molar-refractivity contribution in [2.24, 2.45) is 0 Å². The predicted molar refractivity (Wildman–Crippen MR) is 100 cm³/mol. The predicted octanol–water partition coefficient (Wildman–Crippen LogP) is 3.64. The van der Waals surface area contributed by atoms with Crippen LogP contribution in [0.4, 0.5) is 11.4 Å². The van der Waals surface area contributed by atoms with Crippen LogP contribution in [0.3, 0.4) is 0 Å². The first-order chi connectivity index (χ1) is 12.0. The van der Waals surface area contributed by atoms with E-state index in [4.69, 9.17) is 4.74 Å². The molecule has 25 heavy (non-hydrogen) atoms. The highest BCUT2D eigenvalue weighted by Crippen LogP contribution is 2.22. The molecule has 2 aromatic rings. The molecule has 2 rings (SSSR count). The molecule has 0 aliphatic heterocycles. The summed E-state index contributed by atoms with van der Waals surface area (Å²) in [5.74, 6) is 0.440. The van der Waals surface area contributed by atoms with Crippen LogP contribution in [0.5, 0.6) is 5.75 Å². The minimum atomic E-state index is -0.116. The van der Waals surface area contributed by atoms with Crippen LogP contribution in [-0.4, -0.2) is 25.5 Å². The van der Waals surface area contributed by atoms with Crippen LogP contribution >= 0.6 is 0 Å². The van der Waals surface area contributed by atoms with Crippen LogP contribution in [0.15, 0.2) is 48.5 Å². The van der Waals surface area contributed by atoms with Gasteiger partial charge in [0.1, 0.15) is 5.75 Å². The van der Waals surface area contributed by atoms with Gasteiger partial charge in [-0.3, -0.25) is 9.59 Å².